The molecule has 0 aromatic rings. The molecule has 0 aromatic carbocycles. The molecule has 1 unspecified atom stereocenters. The van der Waals surface area contributed by atoms with Gasteiger partial charge in [-0.3, -0.25) is 9.59 Å². The molecule has 0 aliphatic rings. The van der Waals surface area contributed by atoms with Gasteiger partial charge in [-0.25, -0.2) is 0 Å². The molecule has 0 bridgehead atoms. The number of hydrogen-bond donors (Lipinski definition) is 0. The van der Waals surface area contributed by atoms with Crippen molar-refractivity contribution in [2.75, 3.05) is 6.61 Å². The van der Waals surface area contributed by atoms with Crippen molar-refractivity contribution < 1.29 is 19.1 Å². The first-order valence-electron chi connectivity index (χ1n) is 8.33. The second-order valence-electron chi connectivity index (χ2n) is 5.88. The van der Waals surface area contributed by atoms with Gasteiger partial charge in [0.1, 0.15) is 6.61 Å². The number of carbonyl (C=O) groups excluding carboxylic acids is 2. The van der Waals surface area contributed by atoms with E-state index in [-0.39, 0.29) is 36.5 Å². The van der Waals surface area contributed by atoms with Crippen LogP contribution in [0.3, 0.4) is 0 Å². The van der Waals surface area contributed by atoms with E-state index in [0.717, 1.165) is 32.1 Å². The maximum Gasteiger partial charge on any atom is 0.312 e. The fourth-order valence-corrected chi connectivity index (χ4v) is 2.32. The minimum Gasteiger partial charge on any atom is -0.465 e. The van der Waals surface area contributed by atoms with Gasteiger partial charge in [0.25, 0.3) is 0 Å². The third-order valence-corrected chi connectivity index (χ3v) is 3.36. The molecule has 0 rings (SSSR count). The molecule has 0 N–H and O–H groups in total. The van der Waals surface area contributed by atoms with E-state index in [0.29, 0.717) is 6.42 Å². The number of carbonyl (C=O) groups is 2. The van der Waals surface area contributed by atoms with E-state index in [4.69, 9.17) is 9.47 Å². The Hall–Kier alpha value is -1.06. The lowest BCUT2D eigenvalue weighted by Crippen LogP contribution is -2.28. The highest BCUT2D eigenvalue weighted by Gasteiger charge is 2.24. The van der Waals surface area contributed by atoms with Crippen LogP contribution in [-0.2, 0) is 19.1 Å². The minimum absolute atomic E-state index is 0.0385. The van der Waals surface area contributed by atoms with Crippen molar-refractivity contribution in [1.82, 2.24) is 0 Å². The van der Waals surface area contributed by atoms with E-state index in [2.05, 4.69) is 13.8 Å². The molecule has 4 nitrogen and oxygen atoms in total. The Morgan fingerprint density at radius 3 is 1.71 bits per heavy atom. The largest absolute Gasteiger partial charge is 0.465 e. The Labute approximate surface area is 129 Å². The maximum absolute atomic E-state index is 12.1. The van der Waals surface area contributed by atoms with E-state index < -0.39 is 0 Å². The molecule has 0 saturated carbocycles. The maximum atomic E-state index is 12.1. The summed E-state index contributed by atoms with van der Waals surface area (Å²) in [7, 11) is 0. The minimum atomic E-state index is -0.342. The van der Waals surface area contributed by atoms with Gasteiger partial charge in [-0.2, -0.15) is 0 Å². The van der Waals surface area contributed by atoms with E-state index >= 15 is 0 Å². The molecule has 0 aliphatic heterocycles. The standard InChI is InChI=1S/C17H32O4/c1-6-9-14(10-7-2)16(18)20-12-15(11-8-3)17(19)21-13(4)5/h13-15H,6-12H2,1-5H3. The molecule has 0 aliphatic carbocycles. The van der Waals surface area contributed by atoms with E-state index in [1.165, 1.54) is 0 Å². The highest BCUT2D eigenvalue weighted by Crippen LogP contribution is 2.17. The lowest BCUT2D eigenvalue weighted by atomic mass is 9.98. The summed E-state index contributed by atoms with van der Waals surface area (Å²) in [6, 6.07) is 0. The van der Waals surface area contributed by atoms with Crippen LogP contribution in [0.25, 0.3) is 0 Å². The van der Waals surface area contributed by atoms with Crippen molar-refractivity contribution in [3.63, 3.8) is 0 Å². The van der Waals surface area contributed by atoms with Crippen LogP contribution in [0.15, 0.2) is 0 Å². The number of rotatable bonds is 11. The van der Waals surface area contributed by atoms with Crippen LogP contribution >= 0.6 is 0 Å². The third kappa shape index (κ3) is 8.74. The van der Waals surface area contributed by atoms with Crippen molar-refractivity contribution in [3.05, 3.63) is 0 Å². The molecule has 0 amide bonds. The van der Waals surface area contributed by atoms with Crippen LogP contribution in [0.5, 0.6) is 0 Å². The first kappa shape index (κ1) is 19.9. The molecular weight excluding hydrogens is 268 g/mol. The van der Waals surface area contributed by atoms with E-state index in [1.807, 2.05) is 20.8 Å². The van der Waals surface area contributed by atoms with Crippen LogP contribution in [0, 0.1) is 11.8 Å². The van der Waals surface area contributed by atoms with Gasteiger partial charge >= 0.3 is 11.9 Å². The Kier molecular flexibility index (Phi) is 11.0. The highest BCUT2D eigenvalue weighted by molar-refractivity contribution is 5.75. The first-order chi connectivity index (χ1) is 9.96. The smallest absolute Gasteiger partial charge is 0.312 e. The van der Waals surface area contributed by atoms with Crippen LogP contribution < -0.4 is 0 Å². The summed E-state index contributed by atoms with van der Waals surface area (Å²) in [5, 5.41) is 0. The fourth-order valence-electron chi connectivity index (χ4n) is 2.32. The summed E-state index contributed by atoms with van der Waals surface area (Å²) in [6.07, 6.45) is 5.04. The van der Waals surface area contributed by atoms with Crippen molar-refractivity contribution >= 4 is 11.9 Å². The Bertz CT molecular complexity index is 293. The predicted molar refractivity (Wildman–Crippen MR) is 83.9 cm³/mol. The highest BCUT2D eigenvalue weighted by atomic mass is 16.6. The molecule has 0 heterocycles. The zero-order valence-electron chi connectivity index (χ0n) is 14.3. The molecule has 124 valence electrons. The normalized spacial score (nSPS) is 12.5. The van der Waals surface area contributed by atoms with Crippen LogP contribution in [0.1, 0.15) is 73.1 Å². The molecule has 1 atom stereocenters. The summed E-state index contributed by atoms with van der Waals surface area (Å²) in [5.41, 5.74) is 0. The zero-order valence-corrected chi connectivity index (χ0v) is 14.3. The monoisotopic (exact) mass is 300 g/mol. The van der Waals surface area contributed by atoms with Crippen LogP contribution in [0.2, 0.25) is 0 Å². The average Bonchev–Trinajstić information content (AvgIpc) is 2.42. The van der Waals surface area contributed by atoms with Gasteiger partial charge in [-0.15, -0.1) is 0 Å². The Morgan fingerprint density at radius 2 is 1.29 bits per heavy atom. The van der Waals surface area contributed by atoms with Crippen molar-refractivity contribution in [2.45, 2.75) is 79.2 Å². The van der Waals surface area contributed by atoms with Crippen molar-refractivity contribution in [2.24, 2.45) is 11.8 Å². The molecular formula is C17H32O4. The Balaban J connectivity index is 4.44. The summed E-state index contributed by atoms with van der Waals surface area (Å²) >= 11 is 0. The number of hydrogen-bond acceptors (Lipinski definition) is 4. The molecule has 0 radical (unpaired) electrons. The van der Waals surface area contributed by atoms with Gasteiger partial charge in [0.15, 0.2) is 0 Å². The zero-order chi connectivity index (χ0) is 16.3. The van der Waals surface area contributed by atoms with Gasteiger partial charge in [0.2, 0.25) is 0 Å². The fraction of sp³-hybridized carbons (Fsp3) is 0.882. The SMILES string of the molecule is CCCC(CCC)C(=O)OCC(CCC)C(=O)OC(C)C. The van der Waals surface area contributed by atoms with Gasteiger partial charge < -0.3 is 9.47 Å². The summed E-state index contributed by atoms with van der Waals surface area (Å²) in [4.78, 5) is 24.1. The van der Waals surface area contributed by atoms with Gasteiger partial charge in [0, 0.05) is 0 Å². The number of esters is 2. The Morgan fingerprint density at radius 1 is 0.810 bits per heavy atom. The summed E-state index contributed by atoms with van der Waals surface area (Å²) in [6.45, 7) is 9.93. The van der Waals surface area contributed by atoms with E-state index in [9.17, 15) is 9.59 Å². The molecule has 0 aromatic heterocycles. The van der Waals surface area contributed by atoms with Crippen LogP contribution in [-0.4, -0.2) is 24.6 Å². The van der Waals surface area contributed by atoms with Gasteiger partial charge in [-0.05, 0) is 33.1 Å². The second kappa shape index (κ2) is 11.6. The quantitative estimate of drug-likeness (QED) is 0.539. The summed E-state index contributed by atoms with van der Waals surface area (Å²) < 4.78 is 10.6. The lowest BCUT2D eigenvalue weighted by Gasteiger charge is -2.19. The van der Waals surface area contributed by atoms with E-state index in [1.54, 1.807) is 0 Å². The summed E-state index contributed by atoms with van der Waals surface area (Å²) in [5.74, 6) is -0.812. The third-order valence-electron chi connectivity index (χ3n) is 3.36. The average molecular weight is 300 g/mol. The molecule has 0 spiro atoms. The van der Waals surface area contributed by atoms with Crippen molar-refractivity contribution in [1.29, 1.82) is 0 Å². The molecule has 21 heavy (non-hydrogen) atoms. The number of ether oxygens (including phenoxy) is 2. The lowest BCUT2D eigenvalue weighted by molar-refractivity contribution is -0.160. The van der Waals surface area contributed by atoms with Crippen molar-refractivity contribution in [3.8, 4) is 0 Å². The van der Waals surface area contributed by atoms with Gasteiger partial charge in [0.05, 0.1) is 17.9 Å². The predicted octanol–water partition coefficient (Wildman–Crippen LogP) is 4.11. The molecule has 0 fully saturated rings. The van der Waals surface area contributed by atoms with Crippen LogP contribution in [0.4, 0.5) is 0 Å². The molecule has 4 heteroatoms. The topological polar surface area (TPSA) is 52.6 Å². The first-order valence-corrected chi connectivity index (χ1v) is 8.33. The second-order valence-corrected chi connectivity index (χ2v) is 5.88. The molecule has 0 saturated heterocycles. The van der Waals surface area contributed by atoms with Gasteiger partial charge in [-0.1, -0.05) is 40.0 Å².